The number of rotatable bonds is 6. The second-order valence-electron chi connectivity index (χ2n) is 4.35. The Balaban J connectivity index is 1.85. The summed E-state index contributed by atoms with van der Waals surface area (Å²) in [6.45, 7) is 1.95. The van der Waals surface area contributed by atoms with Gasteiger partial charge in [-0.3, -0.25) is 4.79 Å². The van der Waals surface area contributed by atoms with E-state index in [1.807, 2.05) is 0 Å². The van der Waals surface area contributed by atoms with E-state index in [0.29, 0.717) is 22.8 Å². The second-order valence-corrected chi connectivity index (χ2v) is 4.79. The maximum Gasteiger partial charge on any atom is 0.258 e. The lowest BCUT2D eigenvalue weighted by atomic mass is 10.2. The Labute approximate surface area is 127 Å². The van der Waals surface area contributed by atoms with Gasteiger partial charge in [0.25, 0.3) is 5.91 Å². The molecule has 0 bridgehead atoms. The van der Waals surface area contributed by atoms with Gasteiger partial charge in [-0.2, -0.15) is 0 Å². The minimum Gasteiger partial charge on any atom is -0.483 e. The highest BCUT2D eigenvalue weighted by Gasteiger charge is 2.09. The first-order valence-corrected chi connectivity index (χ1v) is 6.67. The Morgan fingerprint density at radius 1 is 1.48 bits per heavy atom. The first-order valence-electron chi connectivity index (χ1n) is 6.27. The van der Waals surface area contributed by atoms with E-state index in [4.69, 9.17) is 27.2 Å². The third-order valence-electron chi connectivity index (χ3n) is 2.65. The number of nitrogens with one attached hydrogen (secondary N) is 1. The number of nitrogens with two attached hydrogens (primary N) is 1. The van der Waals surface area contributed by atoms with Gasteiger partial charge >= 0.3 is 0 Å². The van der Waals surface area contributed by atoms with Crippen molar-refractivity contribution in [2.45, 2.75) is 13.5 Å². The minimum atomic E-state index is -0.270. The summed E-state index contributed by atoms with van der Waals surface area (Å²) in [5.74, 6) is 0.909. The average Bonchev–Trinajstić information content (AvgIpc) is 2.88. The lowest BCUT2D eigenvalue weighted by molar-refractivity contribution is -0.123. The predicted molar refractivity (Wildman–Crippen MR) is 80.9 cm³/mol. The van der Waals surface area contributed by atoms with Gasteiger partial charge in [0.15, 0.2) is 6.61 Å². The number of carbonyl (C=O) groups excluding carboxylic acids is 1. The molecule has 0 saturated heterocycles. The molecule has 0 spiro atoms. The smallest absolute Gasteiger partial charge is 0.258 e. The molecule has 0 aliphatic carbocycles. The summed E-state index contributed by atoms with van der Waals surface area (Å²) in [4.78, 5) is 11.9. The number of benzene rings is 1. The normalized spacial score (nSPS) is 10.1. The third-order valence-corrected chi connectivity index (χ3v) is 2.87. The van der Waals surface area contributed by atoms with Gasteiger partial charge in [-0.05, 0) is 19.1 Å². The van der Waals surface area contributed by atoms with Crippen molar-refractivity contribution in [1.82, 2.24) is 10.5 Å². The van der Waals surface area contributed by atoms with Crippen LogP contribution in [0.15, 0.2) is 34.9 Å². The predicted octanol–water partition coefficient (Wildman–Crippen LogP) is 1.31. The Morgan fingerprint density at radius 3 is 2.90 bits per heavy atom. The van der Waals surface area contributed by atoms with Crippen LogP contribution >= 0.6 is 12.2 Å². The quantitative estimate of drug-likeness (QED) is 0.782. The fourth-order valence-corrected chi connectivity index (χ4v) is 1.85. The van der Waals surface area contributed by atoms with Crippen LogP contribution in [0.1, 0.15) is 17.0 Å². The number of para-hydroxylation sites is 1. The number of carbonyl (C=O) groups is 1. The lowest BCUT2D eigenvalue weighted by Gasteiger charge is -2.10. The molecule has 0 fully saturated rings. The molecule has 0 radical (unpaired) electrons. The Kier molecular flexibility index (Phi) is 4.89. The summed E-state index contributed by atoms with van der Waals surface area (Å²) in [7, 11) is 0. The molecule has 2 aromatic rings. The van der Waals surface area contributed by atoms with Gasteiger partial charge in [-0.15, -0.1) is 0 Å². The summed E-state index contributed by atoms with van der Waals surface area (Å²) < 4.78 is 10.3. The first kappa shape index (κ1) is 15.0. The molecule has 7 heteroatoms. The minimum absolute atomic E-state index is 0.129. The molecule has 1 amide bonds. The van der Waals surface area contributed by atoms with Crippen LogP contribution in [0.3, 0.4) is 0 Å². The maximum absolute atomic E-state index is 11.7. The van der Waals surface area contributed by atoms with Crippen LogP contribution in [0.5, 0.6) is 5.75 Å². The van der Waals surface area contributed by atoms with Crippen LogP contribution in [-0.4, -0.2) is 22.7 Å². The van der Waals surface area contributed by atoms with E-state index in [0.717, 1.165) is 0 Å². The molecule has 0 aliphatic heterocycles. The number of nitrogens with zero attached hydrogens (tertiary/aromatic N) is 1. The molecule has 6 nitrogen and oxygen atoms in total. The largest absolute Gasteiger partial charge is 0.483 e. The zero-order valence-corrected chi connectivity index (χ0v) is 12.3. The van der Waals surface area contributed by atoms with Gasteiger partial charge in [0.2, 0.25) is 0 Å². The molecule has 110 valence electrons. The van der Waals surface area contributed by atoms with Gasteiger partial charge in [-0.25, -0.2) is 0 Å². The summed E-state index contributed by atoms with van der Waals surface area (Å²) in [6, 6.07) is 8.79. The molecule has 0 aliphatic rings. The van der Waals surface area contributed by atoms with E-state index in [-0.39, 0.29) is 24.0 Å². The molecule has 0 atom stereocenters. The van der Waals surface area contributed by atoms with E-state index in [1.54, 1.807) is 37.3 Å². The molecule has 1 aromatic heterocycles. The zero-order chi connectivity index (χ0) is 15.2. The fraction of sp³-hybridized carbons (Fsp3) is 0.214. The second kappa shape index (κ2) is 6.85. The molecule has 0 unspecified atom stereocenters. The molecule has 1 heterocycles. The monoisotopic (exact) mass is 305 g/mol. The Bertz CT molecular complexity index is 654. The Hall–Kier alpha value is -2.41. The van der Waals surface area contributed by atoms with E-state index in [1.165, 1.54) is 0 Å². The topological polar surface area (TPSA) is 90.4 Å². The van der Waals surface area contributed by atoms with E-state index in [2.05, 4.69) is 10.5 Å². The fourth-order valence-electron chi connectivity index (χ4n) is 1.68. The molecule has 3 N–H and O–H groups in total. The van der Waals surface area contributed by atoms with Crippen LogP contribution in [0.25, 0.3) is 0 Å². The van der Waals surface area contributed by atoms with Gasteiger partial charge in [0.1, 0.15) is 22.2 Å². The van der Waals surface area contributed by atoms with Crippen molar-refractivity contribution >= 4 is 23.1 Å². The number of hydrogen-bond donors (Lipinski definition) is 2. The number of thiocarbonyl (C=S) groups is 1. The highest BCUT2D eigenvalue weighted by molar-refractivity contribution is 7.80. The van der Waals surface area contributed by atoms with Gasteiger partial charge < -0.3 is 20.3 Å². The number of amides is 1. The molecular formula is C14H15N3O3S. The van der Waals surface area contributed by atoms with Crippen molar-refractivity contribution in [3.8, 4) is 5.75 Å². The Morgan fingerprint density at radius 2 is 2.24 bits per heavy atom. The highest BCUT2D eigenvalue weighted by atomic mass is 32.1. The van der Waals surface area contributed by atoms with Gasteiger partial charge in [-0.1, -0.05) is 29.5 Å². The number of aryl methyl sites for hydroxylation is 1. The van der Waals surface area contributed by atoms with Crippen molar-refractivity contribution < 1.29 is 14.1 Å². The average molecular weight is 305 g/mol. The summed E-state index contributed by atoms with van der Waals surface area (Å²) in [5, 5.41) is 6.46. The molecule has 1 aromatic carbocycles. The van der Waals surface area contributed by atoms with E-state index >= 15 is 0 Å². The van der Waals surface area contributed by atoms with Crippen molar-refractivity contribution in [2.75, 3.05) is 6.61 Å². The van der Waals surface area contributed by atoms with Crippen LogP contribution < -0.4 is 15.8 Å². The first-order chi connectivity index (χ1) is 10.1. The van der Waals surface area contributed by atoms with Gasteiger partial charge in [0.05, 0.1) is 12.1 Å². The van der Waals surface area contributed by atoms with Crippen molar-refractivity contribution in [3.63, 3.8) is 0 Å². The van der Waals surface area contributed by atoms with Crippen LogP contribution in [0, 0.1) is 6.92 Å². The number of hydrogen-bond acceptors (Lipinski definition) is 5. The van der Waals surface area contributed by atoms with Gasteiger partial charge in [0, 0.05) is 6.07 Å². The van der Waals surface area contributed by atoms with Crippen LogP contribution in [0.2, 0.25) is 0 Å². The highest BCUT2D eigenvalue weighted by Crippen LogP contribution is 2.17. The zero-order valence-electron chi connectivity index (χ0n) is 11.5. The molecular weight excluding hydrogens is 290 g/mol. The van der Waals surface area contributed by atoms with Crippen LogP contribution in [0.4, 0.5) is 0 Å². The lowest BCUT2D eigenvalue weighted by Crippen LogP contribution is -2.29. The van der Waals surface area contributed by atoms with Crippen molar-refractivity contribution in [3.05, 3.63) is 47.3 Å². The van der Waals surface area contributed by atoms with E-state index in [9.17, 15) is 4.79 Å². The summed E-state index contributed by atoms with van der Waals surface area (Å²) in [6.07, 6.45) is 0. The molecule has 21 heavy (non-hydrogen) atoms. The number of aromatic nitrogens is 1. The molecule has 2 rings (SSSR count). The van der Waals surface area contributed by atoms with Crippen LogP contribution in [-0.2, 0) is 11.3 Å². The standard InChI is InChI=1S/C14H15N3O3S/c1-9-6-10(17-20-9)7-16-13(18)8-19-12-5-3-2-4-11(12)14(15)21/h2-6H,7-8H2,1H3,(H2,15,21)(H,16,18). The van der Waals surface area contributed by atoms with E-state index < -0.39 is 0 Å². The summed E-state index contributed by atoms with van der Waals surface area (Å²) >= 11 is 4.93. The third kappa shape index (κ3) is 4.28. The summed E-state index contributed by atoms with van der Waals surface area (Å²) in [5.41, 5.74) is 6.85. The van der Waals surface area contributed by atoms with Crippen molar-refractivity contribution in [1.29, 1.82) is 0 Å². The number of ether oxygens (including phenoxy) is 1. The maximum atomic E-state index is 11.7. The van der Waals surface area contributed by atoms with Crippen molar-refractivity contribution in [2.24, 2.45) is 5.73 Å². The SMILES string of the molecule is Cc1cc(CNC(=O)COc2ccccc2C(N)=S)no1. The molecule has 0 saturated carbocycles.